The fourth-order valence-electron chi connectivity index (χ4n) is 2.37. The first-order valence-corrected chi connectivity index (χ1v) is 6.91. The number of hydrogen-bond acceptors (Lipinski definition) is 2. The Hall–Kier alpha value is -2.01. The van der Waals surface area contributed by atoms with Crippen LogP contribution in [0, 0.1) is 0 Å². The minimum Gasteiger partial charge on any atom is -0.496 e. The quantitative estimate of drug-likeness (QED) is 0.782. The van der Waals surface area contributed by atoms with Gasteiger partial charge in [-0.25, -0.2) is 0 Å². The lowest BCUT2D eigenvalue weighted by Crippen LogP contribution is -2.16. The van der Waals surface area contributed by atoms with Crippen LogP contribution in [0.2, 0.25) is 0 Å². The molecule has 0 saturated carbocycles. The zero-order valence-electron chi connectivity index (χ0n) is 11.1. The molecule has 0 unspecified atom stereocenters. The molecule has 0 aliphatic heterocycles. The molecule has 102 valence electrons. The largest absolute Gasteiger partial charge is 0.496 e. The monoisotopic (exact) mass is 332 g/mol. The number of nitrogens with one attached hydrogen (secondary N) is 1. The number of hydrogen-bond donors (Lipinski definition) is 1. The molecule has 0 atom stereocenters. The van der Waals surface area contributed by atoms with Gasteiger partial charge in [0.2, 0.25) is 0 Å². The molecule has 0 aliphatic carbocycles. The van der Waals surface area contributed by atoms with Crippen molar-refractivity contribution in [1.82, 2.24) is 9.55 Å². The van der Waals surface area contributed by atoms with Gasteiger partial charge in [-0.15, -0.1) is 0 Å². The molecule has 20 heavy (non-hydrogen) atoms. The molecular weight excluding hydrogens is 320 g/mol. The molecule has 5 heteroatoms. The molecule has 0 radical (unpaired) electrons. The van der Waals surface area contributed by atoms with E-state index < -0.39 is 0 Å². The minimum atomic E-state index is -0.0372. The van der Waals surface area contributed by atoms with Crippen LogP contribution < -0.4 is 10.3 Å². The summed E-state index contributed by atoms with van der Waals surface area (Å²) in [6.45, 7) is 0. The summed E-state index contributed by atoms with van der Waals surface area (Å²) in [7, 11) is 3.39. The number of benzene rings is 1. The van der Waals surface area contributed by atoms with Crippen molar-refractivity contribution in [3.8, 4) is 16.9 Å². The average molecular weight is 333 g/mol. The fourth-order valence-corrected chi connectivity index (χ4v) is 2.71. The van der Waals surface area contributed by atoms with Crippen molar-refractivity contribution in [3.05, 3.63) is 51.5 Å². The lowest BCUT2D eigenvalue weighted by molar-refractivity contribution is 0.416. The SMILES string of the molecule is COc1cc(Br)ccc1-c1cn(C)c(=O)c2[nH]ccc12. The number of pyridine rings is 1. The predicted octanol–water partition coefficient (Wildman–Crippen LogP) is 3.30. The van der Waals surface area contributed by atoms with Crippen LogP contribution in [0.25, 0.3) is 22.0 Å². The number of H-pyrrole nitrogens is 1. The highest BCUT2D eigenvalue weighted by atomic mass is 79.9. The van der Waals surface area contributed by atoms with Crippen LogP contribution in [-0.2, 0) is 7.05 Å². The van der Waals surface area contributed by atoms with Gasteiger partial charge in [0.15, 0.2) is 0 Å². The number of methoxy groups -OCH3 is 1. The predicted molar refractivity (Wildman–Crippen MR) is 83.2 cm³/mol. The van der Waals surface area contributed by atoms with Gasteiger partial charge < -0.3 is 14.3 Å². The number of ether oxygens (including phenoxy) is 1. The highest BCUT2D eigenvalue weighted by molar-refractivity contribution is 9.10. The molecule has 0 aliphatic rings. The molecule has 1 aromatic carbocycles. The van der Waals surface area contributed by atoms with E-state index in [1.165, 1.54) is 0 Å². The minimum absolute atomic E-state index is 0.0372. The maximum Gasteiger partial charge on any atom is 0.274 e. The van der Waals surface area contributed by atoms with Crippen molar-refractivity contribution < 1.29 is 4.74 Å². The average Bonchev–Trinajstić information content (AvgIpc) is 2.92. The number of rotatable bonds is 2. The maximum absolute atomic E-state index is 12.1. The molecule has 0 saturated heterocycles. The van der Waals surface area contributed by atoms with Crippen LogP contribution in [0.1, 0.15) is 0 Å². The lowest BCUT2D eigenvalue weighted by atomic mass is 10.0. The fraction of sp³-hybridized carbons (Fsp3) is 0.133. The maximum atomic E-state index is 12.1. The van der Waals surface area contributed by atoms with E-state index in [0.29, 0.717) is 5.52 Å². The van der Waals surface area contributed by atoms with Crippen molar-refractivity contribution in [2.45, 2.75) is 0 Å². The van der Waals surface area contributed by atoms with Gasteiger partial charge in [0, 0.05) is 40.4 Å². The molecule has 4 nitrogen and oxygen atoms in total. The van der Waals surface area contributed by atoms with Crippen molar-refractivity contribution >= 4 is 26.8 Å². The van der Waals surface area contributed by atoms with Crippen molar-refractivity contribution in [1.29, 1.82) is 0 Å². The second-order valence-corrected chi connectivity index (χ2v) is 5.49. The van der Waals surface area contributed by atoms with Crippen molar-refractivity contribution in [2.75, 3.05) is 7.11 Å². The summed E-state index contributed by atoms with van der Waals surface area (Å²) in [6, 6.07) is 7.77. The van der Waals surface area contributed by atoms with Crippen LogP contribution in [-0.4, -0.2) is 16.7 Å². The molecule has 0 amide bonds. The highest BCUT2D eigenvalue weighted by Gasteiger charge is 2.13. The van der Waals surface area contributed by atoms with E-state index in [2.05, 4.69) is 20.9 Å². The van der Waals surface area contributed by atoms with Gasteiger partial charge in [-0.2, -0.15) is 0 Å². The topological polar surface area (TPSA) is 47.0 Å². The molecule has 0 spiro atoms. The Balaban J connectivity index is 2.38. The molecule has 2 heterocycles. The normalized spacial score (nSPS) is 10.9. The molecule has 2 aromatic heterocycles. The smallest absolute Gasteiger partial charge is 0.274 e. The summed E-state index contributed by atoms with van der Waals surface area (Å²) in [4.78, 5) is 15.1. The Morgan fingerprint density at radius 2 is 2.05 bits per heavy atom. The number of aromatic amines is 1. The summed E-state index contributed by atoms with van der Waals surface area (Å²) < 4.78 is 7.98. The van der Waals surface area contributed by atoms with E-state index in [1.807, 2.05) is 30.5 Å². The second-order valence-electron chi connectivity index (χ2n) is 4.57. The Morgan fingerprint density at radius 1 is 1.25 bits per heavy atom. The lowest BCUT2D eigenvalue weighted by Gasteiger charge is -2.11. The molecule has 3 aromatic rings. The van der Waals surface area contributed by atoms with E-state index >= 15 is 0 Å². The van der Waals surface area contributed by atoms with Gasteiger partial charge in [0.1, 0.15) is 11.3 Å². The van der Waals surface area contributed by atoms with Crippen molar-refractivity contribution in [2.24, 2.45) is 7.05 Å². The van der Waals surface area contributed by atoms with Gasteiger partial charge in [-0.05, 0) is 24.3 Å². The van der Waals surface area contributed by atoms with E-state index in [1.54, 1.807) is 24.9 Å². The van der Waals surface area contributed by atoms with Gasteiger partial charge in [-0.1, -0.05) is 15.9 Å². The van der Waals surface area contributed by atoms with Gasteiger partial charge >= 0.3 is 0 Å². The van der Waals surface area contributed by atoms with Crippen LogP contribution in [0.3, 0.4) is 0 Å². The number of halogens is 1. The van der Waals surface area contributed by atoms with E-state index in [4.69, 9.17) is 4.74 Å². The molecule has 1 N–H and O–H groups in total. The second kappa shape index (κ2) is 4.83. The Kier molecular flexibility index (Phi) is 3.14. The summed E-state index contributed by atoms with van der Waals surface area (Å²) in [6.07, 6.45) is 3.62. The summed E-state index contributed by atoms with van der Waals surface area (Å²) in [5, 5.41) is 0.897. The molecule has 3 rings (SSSR count). The van der Waals surface area contributed by atoms with Crippen LogP contribution in [0.15, 0.2) is 45.9 Å². The van der Waals surface area contributed by atoms with E-state index in [-0.39, 0.29) is 5.56 Å². The zero-order chi connectivity index (χ0) is 14.3. The highest BCUT2D eigenvalue weighted by Crippen LogP contribution is 2.35. The summed E-state index contributed by atoms with van der Waals surface area (Å²) in [5.74, 6) is 0.764. The standard InChI is InChI=1S/C15H13BrN2O2/c1-18-8-12(11-5-6-17-14(11)15(18)19)10-4-3-9(16)7-13(10)20-2/h3-8,17H,1-2H3. The van der Waals surface area contributed by atoms with Gasteiger partial charge in [0.25, 0.3) is 5.56 Å². The summed E-state index contributed by atoms with van der Waals surface area (Å²) in [5.41, 5.74) is 2.49. The number of aromatic nitrogens is 2. The number of aryl methyl sites for hydroxylation is 1. The van der Waals surface area contributed by atoms with Crippen LogP contribution >= 0.6 is 15.9 Å². The molecule has 0 fully saturated rings. The Bertz CT molecular complexity index is 849. The van der Waals surface area contributed by atoms with Gasteiger partial charge in [0.05, 0.1) is 7.11 Å². The van der Waals surface area contributed by atoms with Crippen molar-refractivity contribution in [3.63, 3.8) is 0 Å². The third-order valence-electron chi connectivity index (χ3n) is 3.35. The third kappa shape index (κ3) is 1.94. The first kappa shape index (κ1) is 13.0. The zero-order valence-corrected chi connectivity index (χ0v) is 12.7. The first-order valence-electron chi connectivity index (χ1n) is 6.12. The Morgan fingerprint density at radius 3 is 2.80 bits per heavy atom. The van der Waals surface area contributed by atoms with Crippen LogP contribution in [0.4, 0.5) is 0 Å². The Labute approximate surface area is 124 Å². The number of fused-ring (bicyclic) bond motifs is 1. The van der Waals surface area contributed by atoms with Gasteiger partial charge in [-0.3, -0.25) is 4.79 Å². The van der Waals surface area contributed by atoms with E-state index in [0.717, 1.165) is 26.7 Å². The number of nitrogens with zero attached hydrogens (tertiary/aromatic N) is 1. The first-order chi connectivity index (χ1) is 9.61. The van der Waals surface area contributed by atoms with Crippen LogP contribution in [0.5, 0.6) is 5.75 Å². The summed E-state index contributed by atoms with van der Waals surface area (Å²) >= 11 is 3.44. The third-order valence-corrected chi connectivity index (χ3v) is 3.84. The van der Waals surface area contributed by atoms with E-state index in [9.17, 15) is 4.79 Å². The molecular formula is C15H13BrN2O2. The molecule has 0 bridgehead atoms.